The highest BCUT2D eigenvalue weighted by Crippen LogP contribution is 2.26. The highest BCUT2D eigenvalue weighted by Gasteiger charge is 1.98. The minimum Gasteiger partial charge on any atom is -0.478 e. The second kappa shape index (κ2) is 4.65. The Morgan fingerprint density at radius 1 is 1.54 bits per heavy atom. The molecular weight excluding hydrogens is 168 g/mol. The Labute approximate surface area is 74.8 Å². The molecular formula is C8H6N4O. The molecule has 0 bridgehead atoms. The first-order valence-electron chi connectivity index (χ1n) is 3.52. The molecule has 1 rings (SSSR count). The van der Waals surface area contributed by atoms with Gasteiger partial charge in [-0.25, -0.2) is 0 Å². The van der Waals surface area contributed by atoms with Crippen molar-refractivity contribution < 1.29 is 4.74 Å². The molecule has 0 atom stereocenters. The number of nitrogens with zero attached hydrogens (tertiary/aromatic N) is 4. The van der Waals surface area contributed by atoms with Gasteiger partial charge in [0.15, 0.2) is 6.61 Å². The fourth-order valence-electron chi connectivity index (χ4n) is 0.820. The number of ether oxygens (including phenoxy) is 1. The summed E-state index contributed by atoms with van der Waals surface area (Å²) >= 11 is 0. The average Bonchev–Trinajstić information content (AvgIpc) is 2.17. The second-order valence-electron chi connectivity index (χ2n) is 2.10. The van der Waals surface area contributed by atoms with Crippen molar-refractivity contribution in [3.63, 3.8) is 0 Å². The second-order valence-corrected chi connectivity index (χ2v) is 2.10. The zero-order valence-electron chi connectivity index (χ0n) is 6.71. The number of benzene rings is 1. The number of para-hydroxylation sites is 1. The first kappa shape index (κ1) is 8.91. The van der Waals surface area contributed by atoms with Crippen molar-refractivity contribution in [2.24, 2.45) is 5.11 Å². The summed E-state index contributed by atoms with van der Waals surface area (Å²) in [5.74, 6) is 0.418. The van der Waals surface area contributed by atoms with Crippen molar-refractivity contribution >= 4 is 5.69 Å². The summed E-state index contributed by atoms with van der Waals surface area (Å²) < 4.78 is 5.01. The standard InChI is InChI=1S/C8H6N4O/c9-5-6-13-8-4-2-1-3-7(8)11-12-10/h1-4H,6H2. The van der Waals surface area contributed by atoms with E-state index in [0.717, 1.165) is 0 Å². The van der Waals surface area contributed by atoms with Gasteiger partial charge in [-0.2, -0.15) is 5.26 Å². The minimum absolute atomic E-state index is 0.0576. The van der Waals surface area contributed by atoms with Crippen molar-refractivity contribution in [3.05, 3.63) is 34.7 Å². The van der Waals surface area contributed by atoms with Crippen LogP contribution in [0.3, 0.4) is 0 Å². The van der Waals surface area contributed by atoms with E-state index in [9.17, 15) is 0 Å². The molecule has 64 valence electrons. The fourth-order valence-corrected chi connectivity index (χ4v) is 0.820. The van der Waals surface area contributed by atoms with Crippen molar-refractivity contribution in [3.8, 4) is 11.8 Å². The summed E-state index contributed by atoms with van der Waals surface area (Å²) in [6.07, 6.45) is 0. The summed E-state index contributed by atoms with van der Waals surface area (Å²) in [5, 5.41) is 11.7. The lowest BCUT2D eigenvalue weighted by molar-refractivity contribution is 0.369. The quantitative estimate of drug-likeness (QED) is 0.400. The molecule has 0 fully saturated rings. The highest BCUT2D eigenvalue weighted by molar-refractivity contribution is 5.51. The predicted octanol–water partition coefficient (Wildman–Crippen LogP) is 2.53. The van der Waals surface area contributed by atoms with Gasteiger partial charge in [0.2, 0.25) is 0 Å². The molecule has 0 N–H and O–H groups in total. The number of azide groups is 1. The van der Waals surface area contributed by atoms with Gasteiger partial charge in [0.1, 0.15) is 11.8 Å². The van der Waals surface area contributed by atoms with Gasteiger partial charge in [-0.15, -0.1) is 0 Å². The molecule has 0 aliphatic heterocycles. The van der Waals surface area contributed by atoms with Crippen LogP contribution in [0.25, 0.3) is 10.4 Å². The van der Waals surface area contributed by atoms with Crippen LogP contribution in [0.2, 0.25) is 0 Å². The Morgan fingerprint density at radius 3 is 3.00 bits per heavy atom. The average molecular weight is 174 g/mol. The van der Waals surface area contributed by atoms with E-state index >= 15 is 0 Å². The summed E-state index contributed by atoms with van der Waals surface area (Å²) in [7, 11) is 0. The fraction of sp³-hybridized carbons (Fsp3) is 0.125. The molecule has 0 saturated heterocycles. The molecule has 0 aliphatic rings. The zero-order valence-corrected chi connectivity index (χ0v) is 6.71. The summed E-state index contributed by atoms with van der Waals surface area (Å²) in [6, 6.07) is 8.55. The van der Waals surface area contributed by atoms with Gasteiger partial charge in [0.05, 0.1) is 5.69 Å². The molecule has 1 aromatic rings. The molecule has 5 nitrogen and oxygen atoms in total. The van der Waals surface area contributed by atoms with Gasteiger partial charge in [0, 0.05) is 4.91 Å². The largest absolute Gasteiger partial charge is 0.478 e. The van der Waals surface area contributed by atoms with Gasteiger partial charge in [0.25, 0.3) is 0 Å². The normalized spacial score (nSPS) is 8.23. The zero-order chi connectivity index (χ0) is 9.52. The minimum atomic E-state index is -0.0576. The molecule has 5 heteroatoms. The Bertz CT molecular complexity index is 376. The van der Waals surface area contributed by atoms with Crippen molar-refractivity contribution in [2.45, 2.75) is 0 Å². The van der Waals surface area contributed by atoms with Gasteiger partial charge in [-0.05, 0) is 17.7 Å². The summed E-state index contributed by atoms with van der Waals surface area (Å²) in [4.78, 5) is 2.64. The third-order valence-electron chi connectivity index (χ3n) is 1.31. The van der Waals surface area contributed by atoms with E-state index in [-0.39, 0.29) is 6.61 Å². The molecule has 0 aliphatic carbocycles. The molecule has 0 saturated carbocycles. The molecule has 0 unspecified atom stereocenters. The van der Waals surface area contributed by atoms with Crippen LogP contribution in [0.1, 0.15) is 0 Å². The van der Waals surface area contributed by atoms with E-state index in [4.69, 9.17) is 15.5 Å². The molecule has 0 heterocycles. The third-order valence-corrected chi connectivity index (χ3v) is 1.31. The van der Waals surface area contributed by atoms with Crippen LogP contribution in [-0.2, 0) is 0 Å². The molecule has 1 aromatic carbocycles. The Kier molecular flexibility index (Phi) is 3.19. The van der Waals surface area contributed by atoms with E-state index in [1.165, 1.54) is 0 Å². The van der Waals surface area contributed by atoms with Crippen LogP contribution in [0.15, 0.2) is 29.4 Å². The van der Waals surface area contributed by atoms with Crippen molar-refractivity contribution in [1.82, 2.24) is 0 Å². The smallest absolute Gasteiger partial charge is 0.174 e. The molecule has 0 radical (unpaired) electrons. The number of nitriles is 1. The third kappa shape index (κ3) is 2.40. The van der Waals surface area contributed by atoms with Crippen molar-refractivity contribution in [1.29, 1.82) is 5.26 Å². The van der Waals surface area contributed by atoms with Crippen LogP contribution in [0.5, 0.6) is 5.75 Å². The number of hydrogen-bond donors (Lipinski definition) is 0. The molecule has 0 spiro atoms. The lowest BCUT2D eigenvalue weighted by Gasteiger charge is -2.02. The van der Waals surface area contributed by atoms with E-state index in [0.29, 0.717) is 11.4 Å². The monoisotopic (exact) mass is 174 g/mol. The van der Waals surface area contributed by atoms with E-state index in [1.807, 2.05) is 6.07 Å². The Balaban J connectivity index is 2.92. The van der Waals surface area contributed by atoms with Crippen LogP contribution in [0.4, 0.5) is 5.69 Å². The lowest BCUT2D eigenvalue weighted by Crippen LogP contribution is -1.92. The Morgan fingerprint density at radius 2 is 2.31 bits per heavy atom. The maximum Gasteiger partial charge on any atom is 0.174 e. The first-order valence-corrected chi connectivity index (χ1v) is 3.52. The summed E-state index contributed by atoms with van der Waals surface area (Å²) in [5.41, 5.74) is 8.60. The topological polar surface area (TPSA) is 81.8 Å². The maximum atomic E-state index is 8.27. The van der Waals surface area contributed by atoms with Gasteiger partial charge in [-0.1, -0.05) is 17.2 Å². The molecule has 0 amide bonds. The summed E-state index contributed by atoms with van der Waals surface area (Å²) in [6.45, 7) is -0.0576. The molecule has 0 aromatic heterocycles. The van der Waals surface area contributed by atoms with Crippen LogP contribution in [0, 0.1) is 11.3 Å². The van der Waals surface area contributed by atoms with Gasteiger partial charge in [-0.3, -0.25) is 0 Å². The van der Waals surface area contributed by atoms with Gasteiger partial charge < -0.3 is 4.74 Å². The number of hydrogen-bond acceptors (Lipinski definition) is 3. The highest BCUT2D eigenvalue weighted by atomic mass is 16.5. The first-order chi connectivity index (χ1) is 6.38. The predicted molar refractivity (Wildman–Crippen MR) is 46.4 cm³/mol. The van der Waals surface area contributed by atoms with E-state index in [1.54, 1.807) is 24.3 Å². The lowest BCUT2D eigenvalue weighted by atomic mass is 10.3. The molecule has 13 heavy (non-hydrogen) atoms. The maximum absolute atomic E-state index is 8.27. The van der Waals surface area contributed by atoms with Crippen LogP contribution in [-0.4, -0.2) is 6.61 Å². The SMILES string of the molecule is N#CCOc1ccccc1N=[N+]=[N-]. The van der Waals surface area contributed by atoms with Crippen LogP contribution < -0.4 is 4.74 Å². The van der Waals surface area contributed by atoms with Crippen LogP contribution >= 0.6 is 0 Å². The van der Waals surface area contributed by atoms with Gasteiger partial charge >= 0.3 is 0 Å². The number of rotatable bonds is 3. The van der Waals surface area contributed by atoms with E-state index in [2.05, 4.69) is 10.0 Å². The Hall–Kier alpha value is -2.18. The van der Waals surface area contributed by atoms with Crippen molar-refractivity contribution in [2.75, 3.05) is 6.61 Å². The van der Waals surface area contributed by atoms with E-state index < -0.39 is 0 Å².